The zero-order chi connectivity index (χ0) is 33.0. The molecular formula is C34H41ClN2O7S. The lowest BCUT2D eigenvalue weighted by molar-refractivity contribution is -0.148. The molecule has 45 heavy (non-hydrogen) atoms. The fourth-order valence-corrected chi connectivity index (χ4v) is 6.82. The van der Waals surface area contributed by atoms with Crippen molar-refractivity contribution >= 4 is 33.5 Å². The smallest absolute Gasteiger partial charge is 0.410 e. The van der Waals surface area contributed by atoms with Crippen molar-refractivity contribution in [1.82, 2.24) is 9.80 Å². The first-order valence-electron chi connectivity index (χ1n) is 14.9. The number of carbonyl (C=O) groups is 2. The minimum atomic E-state index is -3.79. The molecule has 11 heteroatoms. The van der Waals surface area contributed by atoms with Crippen LogP contribution in [-0.4, -0.2) is 71.3 Å². The maximum Gasteiger partial charge on any atom is 0.410 e. The molecule has 0 aliphatic carbocycles. The van der Waals surface area contributed by atoms with Gasteiger partial charge in [0, 0.05) is 18.1 Å². The van der Waals surface area contributed by atoms with Gasteiger partial charge < -0.3 is 19.8 Å². The second-order valence-corrected chi connectivity index (χ2v) is 15.0. The molecule has 1 aliphatic heterocycles. The molecule has 3 aromatic rings. The molecule has 0 radical (unpaired) electrons. The summed E-state index contributed by atoms with van der Waals surface area (Å²) in [5.74, 6) is -0.852. The number of ether oxygens (including phenoxy) is 1. The van der Waals surface area contributed by atoms with Crippen molar-refractivity contribution in [3.8, 4) is 0 Å². The lowest BCUT2D eigenvalue weighted by Crippen LogP contribution is -2.47. The van der Waals surface area contributed by atoms with E-state index in [0.29, 0.717) is 36.5 Å². The van der Waals surface area contributed by atoms with Crippen molar-refractivity contribution in [2.45, 2.75) is 80.5 Å². The van der Waals surface area contributed by atoms with Gasteiger partial charge in [-0.2, -0.15) is 0 Å². The number of nitrogens with zero attached hydrogens (tertiary/aromatic N) is 2. The minimum Gasteiger partial charge on any atom is -0.480 e. The van der Waals surface area contributed by atoms with Crippen LogP contribution in [0.15, 0.2) is 82.6 Å². The number of aliphatic hydroxyl groups excluding tert-OH is 1. The van der Waals surface area contributed by atoms with Gasteiger partial charge >= 0.3 is 12.1 Å². The topological polar surface area (TPSA) is 124 Å². The lowest BCUT2D eigenvalue weighted by atomic mass is 9.99. The number of amides is 1. The molecule has 0 saturated carbocycles. The predicted molar refractivity (Wildman–Crippen MR) is 172 cm³/mol. The summed E-state index contributed by atoms with van der Waals surface area (Å²) in [4.78, 5) is 28.4. The van der Waals surface area contributed by atoms with Crippen LogP contribution in [0.1, 0.15) is 63.3 Å². The summed E-state index contributed by atoms with van der Waals surface area (Å²) in [7, 11) is -3.79. The maximum absolute atomic E-state index is 13.4. The van der Waals surface area contributed by atoms with Gasteiger partial charge in [0.05, 0.1) is 22.4 Å². The number of benzene rings is 3. The lowest BCUT2D eigenvalue weighted by Gasteiger charge is -2.31. The summed E-state index contributed by atoms with van der Waals surface area (Å²) in [5, 5.41) is 21.0. The molecule has 1 amide bonds. The van der Waals surface area contributed by atoms with Crippen LogP contribution in [-0.2, 0) is 32.3 Å². The number of carboxylic acid groups (broad SMARTS) is 1. The Labute approximate surface area is 270 Å². The summed E-state index contributed by atoms with van der Waals surface area (Å²) < 4.78 is 32.3. The zero-order valence-electron chi connectivity index (χ0n) is 26.1. The van der Waals surface area contributed by atoms with E-state index in [-0.39, 0.29) is 22.9 Å². The highest BCUT2D eigenvalue weighted by atomic mass is 35.5. The number of halogens is 1. The Morgan fingerprint density at radius 3 is 2.18 bits per heavy atom. The Hall–Kier alpha value is -3.44. The average molecular weight is 657 g/mol. The summed E-state index contributed by atoms with van der Waals surface area (Å²) in [5.41, 5.74) is 0.578. The molecule has 1 fully saturated rings. The van der Waals surface area contributed by atoms with Crippen molar-refractivity contribution in [3.63, 3.8) is 0 Å². The average Bonchev–Trinajstić information content (AvgIpc) is 3.35. The van der Waals surface area contributed by atoms with Crippen molar-refractivity contribution in [2.75, 3.05) is 19.6 Å². The van der Waals surface area contributed by atoms with E-state index < -0.39 is 39.1 Å². The Kier molecular flexibility index (Phi) is 10.6. The molecule has 4 rings (SSSR count). The first-order valence-corrected chi connectivity index (χ1v) is 16.8. The Morgan fingerprint density at radius 1 is 1.02 bits per heavy atom. The third kappa shape index (κ3) is 8.64. The SMILES string of the molecule is CC(C)(C)OC(=O)N(CCc1ccc(S(=O)(=O)c2ccc(CN3CCC[C@@]3(C)C(=O)O)cc2)cc1)C[C@H](O)c1cccc(Cl)c1. The number of hydrogen-bond donors (Lipinski definition) is 2. The van der Waals surface area contributed by atoms with Gasteiger partial charge in [0.15, 0.2) is 0 Å². The third-order valence-corrected chi connectivity index (χ3v) is 10.1. The third-order valence-electron chi connectivity index (χ3n) is 8.04. The number of aliphatic carboxylic acids is 1. The fourth-order valence-electron chi connectivity index (χ4n) is 5.36. The zero-order valence-corrected chi connectivity index (χ0v) is 27.6. The Morgan fingerprint density at radius 2 is 1.62 bits per heavy atom. The Balaban J connectivity index is 1.42. The number of likely N-dealkylation sites (tertiary alicyclic amines) is 1. The quantitative estimate of drug-likeness (QED) is 0.253. The van der Waals surface area contributed by atoms with Gasteiger partial charge in [-0.3, -0.25) is 9.69 Å². The molecule has 0 bridgehead atoms. The molecule has 2 atom stereocenters. The molecular weight excluding hydrogens is 616 g/mol. The number of hydrogen-bond acceptors (Lipinski definition) is 7. The van der Waals surface area contributed by atoms with E-state index in [1.54, 1.807) is 100 Å². The molecule has 3 aromatic carbocycles. The van der Waals surface area contributed by atoms with Crippen molar-refractivity contribution in [3.05, 3.63) is 94.5 Å². The van der Waals surface area contributed by atoms with E-state index in [2.05, 4.69) is 0 Å². The number of aliphatic hydroxyl groups is 1. The standard InChI is InChI=1S/C34H41ClN2O7S/c1-33(2,3)44-32(41)36(23-30(38)26-7-5-8-27(35)21-26)20-17-24-9-13-28(14-10-24)45(42,43)29-15-11-25(12-16-29)22-37-19-6-18-34(37,4)31(39)40/h5,7-16,21,30,38H,6,17-20,22-23H2,1-4H3,(H,39,40)/t30-,34-/m0/s1. The van der Waals surface area contributed by atoms with E-state index in [9.17, 15) is 28.2 Å². The van der Waals surface area contributed by atoms with E-state index in [1.807, 2.05) is 4.90 Å². The number of carboxylic acids is 1. The summed E-state index contributed by atoms with van der Waals surface area (Å²) >= 11 is 6.08. The second kappa shape index (κ2) is 13.9. The van der Waals surface area contributed by atoms with Crippen LogP contribution in [0.25, 0.3) is 0 Å². The van der Waals surface area contributed by atoms with Crippen molar-refractivity contribution in [1.29, 1.82) is 0 Å². The van der Waals surface area contributed by atoms with E-state index in [0.717, 1.165) is 17.5 Å². The van der Waals surface area contributed by atoms with Crippen LogP contribution in [0.4, 0.5) is 4.79 Å². The van der Waals surface area contributed by atoms with E-state index in [4.69, 9.17) is 16.3 Å². The first-order chi connectivity index (χ1) is 21.1. The summed E-state index contributed by atoms with van der Waals surface area (Å²) in [6.07, 6.45) is 0.238. The van der Waals surface area contributed by atoms with Gasteiger partial charge in [-0.15, -0.1) is 0 Å². The molecule has 0 spiro atoms. The van der Waals surface area contributed by atoms with E-state index >= 15 is 0 Å². The monoisotopic (exact) mass is 656 g/mol. The minimum absolute atomic E-state index is 0.00891. The molecule has 0 aromatic heterocycles. The fraction of sp³-hybridized carbons (Fsp3) is 0.412. The molecule has 2 N–H and O–H groups in total. The second-order valence-electron chi connectivity index (χ2n) is 12.6. The molecule has 0 unspecified atom stereocenters. The maximum atomic E-state index is 13.4. The highest BCUT2D eigenvalue weighted by molar-refractivity contribution is 7.91. The van der Waals surface area contributed by atoms with Gasteiger partial charge in [0.1, 0.15) is 11.1 Å². The highest BCUT2D eigenvalue weighted by Gasteiger charge is 2.43. The number of rotatable bonds is 11. The van der Waals surface area contributed by atoms with Crippen LogP contribution >= 0.6 is 11.6 Å². The van der Waals surface area contributed by atoms with E-state index in [1.165, 1.54) is 4.90 Å². The van der Waals surface area contributed by atoms with Crippen molar-refractivity contribution < 1.29 is 33.0 Å². The summed E-state index contributed by atoms with van der Waals surface area (Å²) in [6, 6.07) is 19.9. The number of carbonyl (C=O) groups excluding carboxylic acids is 1. The van der Waals surface area contributed by atoms with Gasteiger partial charge in [0.25, 0.3) is 0 Å². The summed E-state index contributed by atoms with van der Waals surface area (Å²) in [6.45, 7) is 8.36. The normalized spacial score (nSPS) is 18.0. The van der Waals surface area contributed by atoms with Crippen LogP contribution in [0, 0.1) is 0 Å². The first kappa shape index (κ1) is 34.4. The molecule has 1 saturated heterocycles. The molecule has 9 nitrogen and oxygen atoms in total. The Bertz CT molecular complexity index is 1600. The van der Waals surface area contributed by atoms with Gasteiger partial charge in [-0.05, 0) is 107 Å². The van der Waals surface area contributed by atoms with Gasteiger partial charge in [-0.1, -0.05) is 48.0 Å². The predicted octanol–water partition coefficient (Wildman–Crippen LogP) is 6.13. The largest absolute Gasteiger partial charge is 0.480 e. The van der Waals surface area contributed by atoms with Gasteiger partial charge in [0.2, 0.25) is 9.84 Å². The highest BCUT2D eigenvalue weighted by Crippen LogP contribution is 2.31. The molecule has 1 heterocycles. The molecule has 1 aliphatic rings. The van der Waals surface area contributed by atoms with Gasteiger partial charge in [-0.25, -0.2) is 13.2 Å². The number of sulfone groups is 1. The van der Waals surface area contributed by atoms with Crippen LogP contribution < -0.4 is 0 Å². The van der Waals surface area contributed by atoms with Crippen LogP contribution in [0.3, 0.4) is 0 Å². The van der Waals surface area contributed by atoms with Crippen molar-refractivity contribution in [2.24, 2.45) is 0 Å². The van der Waals surface area contributed by atoms with Crippen LogP contribution in [0.2, 0.25) is 5.02 Å². The molecule has 242 valence electrons. The van der Waals surface area contributed by atoms with Crippen LogP contribution in [0.5, 0.6) is 0 Å².